The summed E-state index contributed by atoms with van der Waals surface area (Å²) in [5.74, 6) is 0.489. The number of nitrogens with zero attached hydrogens (tertiary/aromatic N) is 1. The summed E-state index contributed by atoms with van der Waals surface area (Å²) in [5, 5.41) is 2.98. The van der Waals surface area contributed by atoms with Crippen molar-refractivity contribution in [3.63, 3.8) is 0 Å². The number of guanidine groups is 1. The average Bonchev–Trinajstić information content (AvgIpc) is 1.82. The van der Waals surface area contributed by atoms with Gasteiger partial charge < -0.3 is 11.1 Å². The standard InChI is InChI=1S/C8H17N3/c1-6(2)5-10-8(9)11-7(3)4/h7H,1,5H2,2-4H3,(H3,9,10,11). The maximum atomic E-state index is 5.52. The van der Waals surface area contributed by atoms with Crippen molar-refractivity contribution >= 4 is 5.96 Å². The van der Waals surface area contributed by atoms with Gasteiger partial charge in [0, 0.05) is 6.04 Å². The van der Waals surface area contributed by atoms with E-state index in [0.717, 1.165) is 5.57 Å². The van der Waals surface area contributed by atoms with Crippen LogP contribution in [0.25, 0.3) is 0 Å². The molecule has 0 bridgehead atoms. The molecule has 0 aliphatic carbocycles. The summed E-state index contributed by atoms with van der Waals surface area (Å²) in [6.45, 7) is 10.3. The molecule has 0 spiro atoms. The Morgan fingerprint density at radius 3 is 2.55 bits per heavy atom. The normalized spacial score (nSPS) is 11.8. The molecule has 0 radical (unpaired) electrons. The molecule has 0 saturated heterocycles. The summed E-state index contributed by atoms with van der Waals surface area (Å²) >= 11 is 0. The third-order valence-corrected chi connectivity index (χ3v) is 0.956. The van der Waals surface area contributed by atoms with E-state index in [1.54, 1.807) is 0 Å². The van der Waals surface area contributed by atoms with Gasteiger partial charge in [0.15, 0.2) is 5.96 Å². The van der Waals surface area contributed by atoms with E-state index >= 15 is 0 Å². The van der Waals surface area contributed by atoms with Gasteiger partial charge in [-0.25, -0.2) is 4.99 Å². The van der Waals surface area contributed by atoms with Gasteiger partial charge in [0.05, 0.1) is 6.54 Å². The number of hydrogen-bond donors (Lipinski definition) is 2. The molecule has 11 heavy (non-hydrogen) atoms. The van der Waals surface area contributed by atoms with Crippen LogP contribution < -0.4 is 11.1 Å². The van der Waals surface area contributed by atoms with Crippen LogP contribution in [-0.2, 0) is 0 Å². The second-order valence-corrected chi connectivity index (χ2v) is 2.96. The van der Waals surface area contributed by atoms with Crippen LogP contribution in [0, 0.1) is 0 Å². The summed E-state index contributed by atoms with van der Waals surface area (Å²) in [7, 11) is 0. The Labute approximate surface area is 68.4 Å². The fourth-order valence-corrected chi connectivity index (χ4v) is 0.562. The lowest BCUT2D eigenvalue weighted by Gasteiger charge is -2.07. The van der Waals surface area contributed by atoms with Crippen molar-refractivity contribution < 1.29 is 0 Å². The molecule has 0 saturated carbocycles. The maximum absolute atomic E-state index is 5.52. The Bertz CT molecular complexity index is 159. The van der Waals surface area contributed by atoms with Gasteiger partial charge in [0.25, 0.3) is 0 Å². The zero-order valence-electron chi connectivity index (χ0n) is 7.52. The second kappa shape index (κ2) is 4.77. The number of nitrogens with two attached hydrogens (primary N) is 1. The summed E-state index contributed by atoms with van der Waals surface area (Å²) < 4.78 is 0. The van der Waals surface area contributed by atoms with Crippen LogP contribution in [0.1, 0.15) is 20.8 Å². The van der Waals surface area contributed by atoms with E-state index < -0.39 is 0 Å². The van der Waals surface area contributed by atoms with Gasteiger partial charge in [-0.1, -0.05) is 12.2 Å². The Kier molecular flexibility index (Phi) is 4.34. The monoisotopic (exact) mass is 155 g/mol. The van der Waals surface area contributed by atoms with Gasteiger partial charge in [-0.3, -0.25) is 0 Å². The van der Waals surface area contributed by atoms with Gasteiger partial charge in [0.2, 0.25) is 0 Å². The van der Waals surface area contributed by atoms with Crippen LogP contribution in [0.2, 0.25) is 0 Å². The van der Waals surface area contributed by atoms with Crippen molar-refractivity contribution in [2.24, 2.45) is 10.7 Å². The molecular formula is C8H17N3. The molecule has 0 heterocycles. The highest BCUT2D eigenvalue weighted by molar-refractivity contribution is 5.78. The average molecular weight is 155 g/mol. The number of aliphatic imine (C=N–C) groups is 1. The Morgan fingerprint density at radius 1 is 1.64 bits per heavy atom. The first-order valence-electron chi connectivity index (χ1n) is 3.73. The van der Waals surface area contributed by atoms with E-state index in [9.17, 15) is 0 Å². The molecule has 64 valence electrons. The molecule has 0 amide bonds. The summed E-state index contributed by atoms with van der Waals surface area (Å²) in [4.78, 5) is 4.05. The molecule has 3 nitrogen and oxygen atoms in total. The van der Waals surface area contributed by atoms with E-state index in [0.29, 0.717) is 18.5 Å². The molecule has 3 heteroatoms. The van der Waals surface area contributed by atoms with Crippen molar-refractivity contribution in [3.05, 3.63) is 12.2 Å². The number of nitrogens with one attached hydrogen (secondary N) is 1. The van der Waals surface area contributed by atoms with Crippen LogP contribution in [-0.4, -0.2) is 18.5 Å². The largest absolute Gasteiger partial charge is 0.370 e. The summed E-state index contributed by atoms with van der Waals surface area (Å²) in [6, 6.07) is 0.337. The van der Waals surface area contributed by atoms with Crippen LogP contribution >= 0.6 is 0 Å². The Hall–Kier alpha value is -0.990. The third kappa shape index (κ3) is 6.90. The summed E-state index contributed by atoms with van der Waals surface area (Å²) in [6.07, 6.45) is 0. The minimum absolute atomic E-state index is 0.337. The minimum Gasteiger partial charge on any atom is -0.370 e. The first-order chi connectivity index (χ1) is 5.02. The fourth-order valence-electron chi connectivity index (χ4n) is 0.562. The molecule has 0 rings (SSSR count). The predicted octanol–water partition coefficient (Wildman–Crippen LogP) is 0.875. The first kappa shape index (κ1) is 10.0. The molecule has 0 aliphatic heterocycles. The third-order valence-electron chi connectivity index (χ3n) is 0.956. The van der Waals surface area contributed by atoms with E-state index in [1.165, 1.54) is 0 Å². The molecule has 0 aliphatic rings. The maximum Gasteiger partial charge on any atom is 0.189 e. The van der Waals surface area contributed by atoms with E-state index in [4.69, 9.17) is 5.73 Å². The van der Waals surface area contributed by atoms with Crippen LogP contribution in [0.15, 0.2) is 17.1 Å². The van der Waals surface area contributed by atoms with Crippen molar-refractivity contribution in [2.45, 2.75) is 26.8 Å². The summed E-state index contributed by atoms with van der Waals surface area (Å²) in [5.41, 5.74) is 6.53. The van der Waals surface area contributed by atoms with Crippen molar-refractivity contribution in [2.75, 3.05) is 6.54 Å². The lowest BCUT2D eigenvalue weighted by molar-refractivity contribution is 0.725. The SMILES string of the molecule is C=C(C)CN=C(N)NC(C)C. The second-order valence-electron chi connectivity index (χ2n) is 2.96. The van der Waals surface area contributed by atoms with Gasteiger partial charge in [-0.15, -0.1) is 0 Å². The molecule has 3 N–H and O–H groups in total. The van der Waals surface area contributed by atoms with Gasteiger partial charge >= 0.3 is 0 Å². The highest BCUT2D eigenvalue weighted by Crippen LogP contribution is 1.86. The van der Waals surface area contributed by atoms with Crippen molar-refractivity contribution in [1.82, 2.24) is 5.32 Å². The molecule has 0 aromatic heterocycles. The first-order valence-corrected chi connectivity index (χ1v) is 3.73. The highest BCUT2D eigenvalue weighted by Gasteiger charge is 1.93. The van der Waals surface area contributed by atoms with Crippen LogP contribution in [0.4, 0.5) is 0 Å². The van der Waals surface area contributed by atoms with Gasteiger partial charge in [-0.05, 0) is 20.8 Å². The zero-order chi connectivity index (χ0) is 8.85. The molecule has 0 fully saturated rings. The molecule has 0 unspecified atom stereocenters. The number of hydrogen-bond acceptors (Lipinski definition) is 1. The lowest BCUT2D eigenvalue weighted by atomic mass is 10.4. The van der Waals surface area contributed by atoms with Crippen molar-refractivity contribution in [1.29, 1.82) is 0 Å². The van der Waals surface area contributed by atoms with Crippen LogP contribution in [0.3, 0.4) is 0 Å². The van der Waals surface area contributed by atoms with Gasteiger partial charge in [-0.2, -0.15) is 0 Å². The quantitative estimate of drug-likeness (QED) is 0.361. The molecular weight excluding hydrogens is 138 g/mol. The molecule has 0 atom stereocenters. The highest BCUT2D eigenvalue weighted by atomic mass is 15.1. The van der Waals surface area contributed by atoms with E-state index in [1.807, 2.05) is 20.8 Å². The Balaban J connectivity index is 3.72. The lowest BCUT2D eigenvalue weighted by Crippen LogP contribution is -2.36. The Morgan fingerprint density at radius 2 is 2.18 bits per heavy atom. The predicted molar refractivity (Wildman–Crippen MR) is 49.6 cm³/mol. The molecule has 0 aromatic carbocycles. The van der Waals surface area contributed by atoms with Gasteiger partial charge in [0.1, 0.15) is 0 Å². The minimum atomic E-state index is 0.337. The topological polar surface area (TPSA) is 50.4 Å². The van der Waals surface area contributed by atoms with E-state index in [2.05, 4.69) is 16.9 Å². The van der Waals surface area contributed by atoms with Crippen molar-refractivity contribution in [3.8, 4) is 0 Å². The number of rotatable bonds is 3. The smallest absolute Gasteiger partial charge is 0.189 e. The van der Waals surface area contributed by atoms with Crippen LogP contribution in [0.5, 0.6) is 0 Å². The zero-order valence-corrected chi connectivity index (χ0v) is 7.52. The molecule has 0 aromatic rings. The van der Waals surface area contributed by atoms with E-state index in [-0.39, 0.29) is 0 Å². The fraction of sp³-hybridized carbons (Fsp3) is 0.625.